The average molecular weight is 436 g/mol. The highest BCUT2D eigenvalue weighted by molar-refractivity contribution is 5.99. The van der Waals surface area contributed by atoms with Crippen LogP contribution >= 0.6 is 0 Å². The third kappa shape index (κ3) is 6.20. The Balaban J connectivity index is 1.54. The van der Waals surface area contributed by atoms with Crippen molar-refractivity contribution >= 4 is 17.9 Å². The first-order chi connectivity index (χ1) is 15.5. The van der Waals surface area contributed by atoms with Crippen LogP contribution in [0.4, 0.5) is 0 Å². The van der Waals surface area contributed by atoms with E-state index in [2.05, 4.69) is 34.5 Å². The summed E-state index contributed by atoms with van der Waals surface area (Å²) < 4.78 is 5.29. The second kappa shape index (κ2) is 11.5. The lowest BCUT2D eigenvalue weighted by Gasteiger charge is -2.37. The van der Waals surface area contributed by atoms with Crippen molar-refractivity contribution in [3.8, 4) is 5.75 Å². The summed E-state index contributed by atoms with van der Waals surface area (Å²) in [4.78, 5) is 30.3. The second-order valence-electron chi connectivity index (χ2n) is 8.33. The molecule has 1 saturated heterocycles. The molecule has 32 heavy (non-hydrogen) atoms. The van der Waals surface area contributed by atoms with E-state index >= 15 is 0 Å². The summed E-state index contributed by atoms with van der Waals surface area (Å²) in [6.45, 7) is 7.71. The summed E-state index contributed by atoms with van der Waals surface area (Å²) in [6.07, 6.45) is 4.29. The molecule has 170 valence electrons. The number of carbonyl (C=O) groups is 2. The fourth-order valence-electron chi connectivity index (χ4n) is 3.81. The van der Waals surface area contributed by atoms with E-state index < -0.39 is 6.04 Å². The number of para-hydroxylation sites is 1. The number of hydrogen-bond donors (Lipinski definition) is 1. The van der Waals surface area contributed by atoms with Crippen molar-refractivity contribution < 1.29 is 14.3 Å². The molecule has 1 unspecified atom stereocenters. The zero-order valence-electron chi connectivity index (χ0n) is 19.2. The van der Waals surface area contributed by atoms with Crippen molar-refractivity contribution in [3.63, 3.8) is 0 Å². The van der Waals surface area contributed by atoms with E-state index in [1.54, 1.807) is 18.2 Å². The maximum Gasteiger partial charge on any atom is 0.255 e. The third-order valence-corrected chi connectivity index (χ3v) is 5.73. The molecule has 0 radical (unpaired) electrons. The number of carbonyl (C=O) groups excluding carboxylic acids is 2. The molecule has 0 saturated carbocycles. The van der Waals surface area contributed by atoms with Crippen LogP contribution in [0.3, 0.4) is 0 Å². The molecule has 1 aliphatic heterocycles. The van der Waals surface area contributed by atoms with Gasteiger partial charge in [0.2, 0.25) is 5.91 Å². The van der Waals surface area contributed by atoms with Crippen LogP contribution in [0.2, 0.25) is 0 Å². The molecule has 6 nitrogen and oxygen atoms in total. The summed E-state index contributed by atoms with van der Waals surface area (Å²) in [6, 6.07) is 16.7. The summed E-state index contributed by atoms with van der Waals surface area (Å²) in [5, 5.41) is 2.93. The predicted octanol–water partition coefficient (Wildman–Crippen LogP) is 3.31. The average Bonchev–Trinajstić information content (AvgIpc) is 2.83. The highest BCUT2D eigenvalue weighted by Crippen LogP contribution is 2.18. The zero-order chi connectivity index (χ0) is 22.9. The lowest BCUT2D eigenvalue weighted by Crippen LogP contribution is -2.56. The molecule has 2 aromatic carbocycles. The maximum absolute atomic E-state index is 13.2. The molecule has 0 aliphatic carbocycles. The first-order valence-electron chi connectivity index (χ1n) is 11.2. The number of nitrogens with one attached hydrogen (secondary N) is 1. The fourth-order valence-corrected chi connectivity index (χ4v) is 3.81. The summed E-state index contributed by atoms with van der Waals surface area (Å²) in [5.74, 6) is 0.159. The number of amides is 2. The van der Waals surface area contributed by atoms with Gasteiger partial charge >= 0.3 is 0 Å². The van der Waals surface area contributed by atoms with E-state index in [-0.39, 0.29) is 17.7 Å². The first kappa shape index (κ1) is 23.5. The van der Waals surface area contributed by atoms with Gasteiger partial charge in [0.15, 0.2) is 0 Å². The highest BCUT2D eigenvalue weighted by atomic mass is 16.5. The van der Waals surface area contributed by atoms with Crippen LogP contribution in [0.5, 0.6) is 5.75 Å². The van der Waals surface area contributed by atoms with E-state index in [1.807, 2.05) is 43.0 Å². The van der Waals surface area contributed by atoms with Gasteiger partial charge in [-0.2, -0.15) is 0 Å². The van der Waals surface area contributed by atoms with Crippen molar-refractivity contribution in [2.45, 2.75) is 19.9 Å². The predicted molar refractivity (Wildman–Crippen MR) is 128 cm³/mol. The Hall–Kier alpha value is -3.12. The van der Waals surface area contributed by atoms with Crippen LogP contribution in [-0.2, 0) is 4.79 Å². The van der Waals surface area contributed by atoms with E-state index in [9.17, 15) is 9.59 Å². The Morgan fingerprint density at radius 1 is 1.00 bits per heavy atom. The molecule has 1 N–H and O–H groups in total. The van der Waals surface area contributed by atoms with Crippen molar-refractivity contribution in [1.29, 1.82) is 0 Å². The minimum atomic E-state index is -0.572. The Morgan fingerprint density at radius 2 is 1.66 bits per heavy atom. The van der Waals surface area contributed by atoms with E-state index in [1.165, 1.54) is 12.7 Å². The van der Waals surface area contributed by atoms with Gasteiger partial charge in [0.05, 0.1) is 12.7 Å². The quantitative estimate of drug-likeness (QED) is 0.691. The van der Waals surface area contributed by atoms with Crippen LogP contribution in [0.25, 0.3) is 6.08 Å². The highest BCUT2D eigenvalue weighted by Gasteiger charge is 2.31. The smallest absolute Gasteiger partial charge is 0.255 e. The van der Waals surface area contributed by atoms with Gasteiger partial charge in [0.25, 0.3) is 5.91 Å². The Labute approximate surface area is 190 Å². The van der Waals surface area contributed by atoms with Gasteiger partial charge in [-0.3, -0.25) is 14.5 Å². The standard InChI is InChI=1S/C26H33N3O3/c1-20(2)24(27-25(30)22-13-7-8-14-23(22)32-3)26(31)29-18-16-28(17-19-29)15-9-12-21-10-5-4-6-11-21/h4-14,20,24H,15-19H2,1-3H3,(H,27,30)/b12-9+. The van der Waals surface area contributed by atoms with E-state index in [4.69, 9.17) is 4.74 Å². The molecule has 1 heterocycles. The van der Waals surface area contributed by atoms with Crippen molar-refractivity contribution in [1.82, 2.24) is 15.1 Å². The number of hydrogen-bond acceptors (Lipinski definition) is 4. The molecule has 1 atom stereocenters. The SMILES string of the molecule is COc1ccccc1C(=O)NC(C(=O)N1CCN(C/C=C/c2ccccc2)CC1)C(C)C. The molecule has 0 spiro atoms. The molecule has 1 aliphatic rings. The normalized spacial score (nSPS) is 15.7. The molecular weight excluding hydrogens is 402 g/mol. The topological polar surface area (TPSA) is 61.9 Å². The minimum absolute atomic E-state index is 0.0204. The van der Waals surface area contributed by atoms with Gasteiger partial charge in [0, 0.05) is 32.7 Å². The number of rotatable bonds is 8. The van der Waals surface area contributed by atoms with Crippen LogP contribution in [0.1, 0.15) is 29.8 Å². The van der Waals surface area contributed by atoms with Crippen molar-refractivity contribution in [3.05, 3.63) is 71.8 Å². The van der Waals surface area contributed by atoms with Gasteiger partial charge in [0.1, 0.15) is 11.8 Å². The number of benzene rings is 2. The molecule has 0 bridgehead atoms. The van der Waals surface area contributed by atoms with Gasteiger partial charge in [-0.05, 0) is 23.6 Å². The summed E-state index contributed by atoms with van der Waals surface area (Å²) in [7, 11) is 1.53. The molecule has 2 aromatic rings. The van der Waals surface area contributed by atoms with Crippen molar-refractivity contribution in [2.24, 2.45) is 5.92 Å². The number of methoxy groups -OCH3 is 1. The second-order valence-corrected chi connectivity index (χ2v) is 8.33. The van der Waals surface area contributed by atoms with Gasteiger partial charge in [-0.1, -0.05) is 68.5 Å². The van der Waals surface area contributed by atoms with Gasteiger partial charge in [-0.15, -0.1) is 0 Å². The van der Waals surface area contributed by atoms with Crippen molar-refractivity contribution in [2.75, 3.05) is 39.8 Å². The number of piperazine rings is 1. The molecule has 0 aromatic heterocycles. The number of nitrogens with zero attached hydrogens (tertiary/aromatic N) is 2. The lowest BCUT2D eigenvalue weighted by molar-refractivity contribution is -0.136. The van der Waals surface area contributed by atoms with Crippen LogP contribution in [-0.4, -0.2) is 67.5 Å². The van der Waals surface area contributed by atoms with Gasteiger partial charge < -0.3 is 15.0 Å². The Kier molecular flexibility index (Phi) is 8.45. The molecular formula is C26H33N3O3. The number of ether oxygens (including phenoxy) is 1. The molecule has 1 fully saturated rings. The van der Waals surface area contributed by atoms with Crippen LogP contribution in [0.15, 0.2) is 60.7 Å². The maximum atomic E-state index is 13.2. The molecule has 3 rings (SSSR count). The fraction of sp³-hybridized carbons (Fsp3) is 0.385. The molecule has 6 heteroatoms. The third-order valence-electron chi connectivity index (χ3n) is 5.73. The minimum Gasteiger partial charge on any atom is -0.496 e. The molecule has 2 amide bonds. The monoisotopic (exact) mass is 435 g/mol. The Bertz CT molecular complexity index is 919. The van der Waals surface area contributed by atoms with Crippen LogP contribution < -0.4 is 10.1 Å². The zero-order valence-corrected chi connectivity index (χ0v) is 19.2. The van der Waals surface area contributed by atoms with Crippen LogP contribution in [0, 0.1) is 5.92 Å². The summed E-state index contributed by atoms with van der Waals surface area (Å²) in [5.41, 5.74) is 1.62. The first-order valence-corrected chi connectivity index (χ1v) is 11.2. The van der Waals surface area contributed by atoms with Gasteiger partial charge in [-0.25, -0.2) is 0 Å². The largest absolute Gasteiger partial charge is 0.496 e. The van der Waals surface area contributed by atoms with E-state index in [0.717, 1.165) is 19.6 Å². The summed E-state index contributed by atoms with van der Waals surface area (Å²) >= 11 is 0. The lowest BCUT2D eigenvalue weighted by atomic mass is 10.0. The van der Waals surface area contributed by atoms with E-state index in [0.29, 0.717) is 24.4 Å². The Morgan fingerprint density at radius 3 is 2.31 bits per heavy atom.